The van der Waals surface area contributed by atoms with Crippen LogP contribution in [0.3, 0.4) is 0 Å². The highest BCUT2D eigenvalue weighted by molar-refractivity contribution is 7.15. The number of nitrogens with zero attached hydrogens (tertiary/aromatic N) is 5. The number of hydrazone groups is 1. The minimum Gasteiger partial charge on any atom is -0.221 e. The Morgan fingerprint density at radius 3 is 2.28 bits per heavy atom. The number of hydrogen-bond acceptors (Lipinski definition) is 7. The van der Waals surface area contributed by atoms with E-state index in [1.807, 2.05) is 59.9 Å². The van der Waals surface area contributed by atoms with E-state index in [-0.39, 0.29) is 0 Å². The predicted molar refractivity (Wildman–Crippen MR) is 119 cm³/mol. The van der Waals surface area contributed by atoms with Gasteiger partial charge < -0.3 is 0 Å². The van der Waals surface area contributed by atoms with Gasteiger partial charge in [-0.3, -0.25) is 0 Å². The summed E-state index contributed by atoms with van der Waals surface area (Å²) < 4.78 is 6.70. The molecule has 0 unspecified atom stereocenters. The molecule has 0 atom stereocenters. The van der Waals surface area contributed by atoms with Crippen LogP contribution in [0.4, 0.5) is 16.6 Å². The summed E-state index contributed by atoms with van der Waals surface area (Å²) in [7, 11) is 0. The van der Waals surface area contributed by atoms with Crippen LogP contribution < -0.4 is 15.7 Å². The first-order valence-corrected chi connectivity index (χ1v) is 10.9. The smallest absolute Gasteiger partial charge is 0.221 e. The van der Waals surface area contributed by atoms with Crippen LogP contribution in [0.5, 0.6) is 0 Å². The van der Waals surface area contributed by atoms with Crippen molar-refractivity contribution in [2.75, 3.05) is 10.2 Å². The molecule has 2 aromatic heterocycles. The molecule has 1 aliphatic heterocycles. The lowest BCUT2D eigenvalue weighted by Gasteiger charge is -2.24. The molecule has 0 amide bonds. The molecule has 0 radical (unpaired) electrons. The maximum Gasteiger partial charge on any atom is 0.301 e. The van der Waals surface area contributed by atoms with E-state index < -0.39 is 0 Å². The highest BCUT2D eigenvalue weighted by Crippen LogP contribution is 2.33. The molecule has 5 rings (SSSR count). The van der Waals surface area contributed by atoms with Gasteiger partial charge in [0.1, 0.15) is 0 Å². The van der Waals surface area contributed by atoms with Gasteiger partial charge >= 0.3 is 5.82 Å². The third-order valence-corrected chi connectivity index (χ3v) is 6.27. The fraction of sp³-hybridized carbons (Fsp3) is 0.0952. The number of amidine groups is 1. The molecular formula is C21H19N6S2+. The normalized spacial score (nSPS) is 13.9. The monoisotopic (exact) mass is 419 g/mol. The third kappa shape index (κ3) is 3.16. The average molecular weight is 420 g/mol. The van der Waals surface area contributed by atoms with E-state index in [0.29, 0.717) is 0 Å². The molecule has 2 aromatic carbocycles. The minimum atomic E-state index is 0.838. The molecule has 0 fully saturated rings. The van der Waals surface area contributed by atoms with Crippen molar-refractivity contribution in [1.29, 1.82) is 0 Å². The Morgan fingerprint density at radius 1 is 0.931 bits per heavy atom. The van der Waals surface area contributed by atoms with E-state index in [9.17, 15) is 0 Å². The topological polar surface area (TPSA) is 47.3 Å². The molecule has 0 spiro atoms. The lowest BCUT2D eigenvalue weighted by atomic mass is 10.2. The number of aryl methyl sites for hydroxylation is 2. The number of thiazole rings is 1. The van der Waals surface area contributed by atoms with Gasteiger partial charge in [-0.15, -0.1) is 5.12 Å². The standard InChI is InChI=1S/C21H18N6S2/c1-15-16(2)29-21(22-15)27-25(19-13-14-28-24-19)20(17-9-5-3-6-10-17)23-26(27)18-11-7-4-8-12-18/h3-14H,1-2H3/p+1. The fourth-order valence-corrected chi connectivity index (χ4v) is 4.53. The molecule has 1 N–H and O–H groups in total. The highest BCUT2D eigenvalue weighted by Gasteiger charge is 2.41. The van der Waals surface area contributed by atoms with Gasteiger partial charge in [0.05, 0.1) is 16.9 Å². The first-order valence-electron chi connectivity index (χ1n) is 9.21. The number of benzene rings is 2. The van der Waals surface area contributed by atoms with Crippen molar-refractivity contribution in [3.8, 4) is 0 Å². The quantitative estimate of drug-likeness (QED) is 0.487. The summed E-state index contributed by atoms with van der Waals surface area (Å²) >= 11 is 3.09. The summed E-state index contributed by atoms with van der Waals surface area (Å²) in [5, 5.41) is 6.92. The Balaban J connectivity index is 1.74. The van der Waals surface area contributed by atoms with E-state index in [4.69, 9.17) is 4.98 Å². The van der Waals surface area contributed by atoms with Crippen LogP contribution in [0, 0.1) is 13.8 Å². The van der Waals surface area contributed by atoms with Crippen molar-refractivity contribution in [2.24, 2.45) is 0 Å². The summed E-state index contributed by atoms with van der Waals surface area (Å²) in [6.07, 6.45) is 0. The SMILES string of the molecule is Cc1nc(N2N(c3ccccc3)NC(c3ccccc3)=[N+]2c2ccsn2)sc1C. The molecule has 144 valence electrons. The van der Waals surface area contributed by atoms with Crippen molar-refractivity contribution in [3.05, 3.63) is 88.2 Å². The lowest BCUT2D eigenvalue weighted by molar-refractivity contribution is -0.451. The maximum absolute atomic E-state index is 4.84. The molecule has 0 bridgehead atoms. The minimum absolute atomic E-state index is 0.838. The molecule has 3 heterocycles. The largest absolute Gasteiger partial charge is 0.301 e. The van der Waals surface area contributed by atoms with Crippen molar-refractivity contribution in [1.82, 2.24) is 14.8 Å². The highest BCUT2D eigenvalue weighted by atomic mass is 32.1. The average Bonchev–Trinajstić information content (AvgIpc) is 3.48. The number of hydrazine groups is 3. The lowest BCUT2D eigenvalue weighted by Crippen LogP contribution is -2.47. The first-order chi connectivity index (χ1) is 14.2. The summed E-state index contributed by atoms with van der Waals surface area (Å²) in [6, 6.07) is 22.5. The van der Waals surface area contributed by atoms with Crippen molar-refractivity contribution < 1.29 is 4.68 Å². The molecule has 8 heteroatoms. The molecule has 4 aromatic rings. The van der Waals surface area contributed by atoms with Crippen LogP contribution in [-0.2, 0) is 0 Å². The van der Waals surface area contributed by atoms with E-state index in [0.717, 1.165) is 33.7 Å². The van der Waals surface area contributed by atoms with Crippen LogP contribution in [0.25, 0.3) is 0 Å². The summed E-state index contributed by atoms with van der Waals surface area (Å²) in [4.78, 5) is 6.03. The van der Waals surface area contributed by atoms with Gasteiger partial charge in [-0.2, -0.15) is 5.43 Å². The Kier molecular flexibility index (Phi) is 4.49. The Hall–Kier alpha value is -3.23. The summed E-state index contributed by atoms with van der Waals surface area (Å²) in [6.45, 7) is 4.14. The number of hydrogen-bond donors (Lipinski definition) is 1. The second-order valence-corrected chi connectivity index (χ2v) is 8.42. The Morgan fingerprint density at radius 2 is 1.66 bits per heavy atom. The second kappa shape index (κ2) is 7.31. The maximum atomic E-state index is 4.84. The van der Waals surface area contributed by atoms with Gasteiger partial charge in [-0.25, -0.2) is 4.98 Å². The number of para-hydroxylation sites is 1. The van der Waals surface area contributed by atoms with E-state index in [2.05, 4.69) is 50.8 Å². The molecule has 6 nitrogen and oxygen atoms in total. The van der Waals surface area contributed by atoms with Crippen LogP contribution in [0.2, 0.25) is 0 Å². The van der Waals surface area contributed by atoms with Gasteiger partial charge in [0, 0.05) is 27.9 Å². The van der Waals surface area contributed by atoms with Gasteiger partial charge in [-0.05, 0) is 42.5 Å². The van der Waals surface area contributed by atoms with Gasteiger partial charge in [0.25, 0.3) is 5.84 Å². The van der Waals surface area contributed by atoms with Gasteiger partial charge in [-0.1, -0.05) is 57.5 Å². The van der Waals surface area contributed by atoms with Gasteiger partial charge in [0.15, 0.2) is 0 Å². The predicted octanol–water partition coefficient (Wildman–Crippen LogP) is 4.67. The van der Waals surface area contributed by atoms with Crippen LogP contribution in [-0.4, -0.2) is 19.9 Å². The van der Waals surface area contributed by atoms with E-state index in [1.54, 1.807) is 11.3 Å². The van der Waals surface area contributed by atoms with Crippen LogP contribution >= 0.6 is 22.9 Å². The Labute approximate surface area is 177 Å². The molecule has 29 heavy (non-hydrogen) atoms. The number of rotatable bonds is 4. The van der Waals surface area contributed by atoms with E-state index >= 15 is 0 Å². The summed E-state index contributed by atoms with van der Waals surface area (Å²) in [5.74, 6) is 1.76. The van der Waals surface area contributed by atoms with Crippen molar-refractivity contribution in [2.45, 2.75) is 13.8 Å². The number of anilines is 2. The summed E-state index contributed by atoms with van der Waals surface area (Å²) in [5.41, 5.74) is 6.67. The Bertz CT molecular complexity index is 1130. The molecule has 1 aliphatic rings. The molecular weight excluding hydrogens is 400 g/mol. The van der Waals surface area contributed by atoms with Crippen LogP contribution in [0.15, 0.2) is 72.1 Å². The number of aromatic nitrogens is 2. The molecule has 0 saturated carbocycles. The van der Waals surface area contributed by atoms with Crippen LogP contribution in [0.1, 0.15) is 16.1 Å². The first kappa shape index (κ1) is 17.8. The molecule has 0 saturated heterocycles. The van der Waals surface area contributed by atoms with Crippen molar-refractivity contribution in [3.63, 3.8) is 0 Å². The second-order valence-electron chi connectivity index (χ2n) is 6.57. The van der Waals surface area contributed by atoms with E-state index in [1.165, 1.54) is 16.4 Å². The fourth-order valence-electron chi connectivity index (χ4n) is 3.14. The zero-order chi connectivity index (χ0) is 19.8. The third-order valence-electron chi connectivity index (χ3n) is 4.68. The molecule has 0 aliphatic carbocycles. The zero-order valence-electron chi connectivity index (χ0n) is 16.0. The zero-order valence-corrected chi connectivity index (χ0v) is 17.6. The number of nitrogens with one attached hydrogen (secondary N) is 1. The van der Waals surface area contributed by atoms with Crippen molar-refractivity contribution >= 4 is 45.3 Å². The van der Waals surface area contributed by atoms with Gasteiger partial charge in [0.2, 0.25) is 5.13 Å².